The minimum absolute atomic E-state index is 0.145. The van der Waals surface area contributed by atoms with Gasteiger partial charge in [-0.1, -0.05) is 108 Å². The Balaban J connectivity index is 1.78. The fourth-order valence-electron chi connectivity index (χ4n) is 5.29. The van der Waals surface area contributed by atoms with Crippen LogP contribution in [0.15, 0.2) is 87.8 Å². The van der Waals surface area contributed by atoms with Gasteiger partial charge in [-0.05, 0) is 105 Å². The number of rotatable bonds is 3. The molecule has 0 amide bonds. The van der Waals surface area contributed by atoms with Gasteiger partial charge in [0.1, 0.15) is 0 Å². The molecule has 178 valence electrons. The molecule has 0 N–H and O–H groups in total. The fourth-order valence-corrected chi connectivity index (χ4v) is 6.62. The van der Waals surface area contributed by atoms with Crippen LogP contribution in [0.1, 0.15) is 51.7 Å². The van der Waals surface area contributed by atoms with Crippen molar-refractivity contribution >= 4 is 43.5 Å². The second-order valence-electron chi connectivity index (χ2n) is 10.9. The minimum atomic E-state index is 0.145. The molecule has 5 rings (SSSR count). The Morgan fingerprint density at radius 3 is 1.66 bits per heavy atom. The van der Waals surface area contributed by atoms with Crippen molar-refractivity contribution < 1.29 is 0 Å². The smallest absolute Gasteiger partial charge is 0.0484 e. The van der Waals surface area contributed by atoms with Crippen molar-refractivity contribution in [2.45, 2.75) is 51.4 Å². The second kappa shape index (κ2) is 9.21. The van der Waals surface area contributed by atoms with Gasteiger partial charge in [-0.3, -0.25) is 0 Å². The molecule has 4 aromatic rings. The Kier molecular flexibility index (Phi) is 6.53. The average molecular weight is 609 g/mol. The Hall–Kier alpha value is -1.87. The highest BCUT2D eigenvalue weighted by atomic mass is 79.9. The van der Waals surface area contributed by atoms with Crippen molar-refractivity contribution in [1.29, 1.82) is 0 Å². The van der Waals surface area contributed by atoms with Crippen molar-refractivity contribution in [2.24, 2.45) is 0 Å². The summed E-state index contributed by atoms with van der Waals surface area (Å²) in [4.78, 5) is 0. The first-order valence-corrected chi connectivity index (χ1v) is 14.0. The van der Waals surface area contributed by atoms with E-state index in [4.69, 9.17) is 11.6 Å². The molecule has 0 bridgehead atoms. The van der Waals surface area contributed by atoms with E-state index in [0.29, 0.717) is 0 Å². The number of fused-ring (bicyclic) bond motifs is 1. The zero-order valence-electron chi connectivity index (χ0n) is 20.6. The highest BCUT2D eigenvalue weighted by Gasteiger charge is 2.37. The van der Waals surface area contributed by atoms with Crippen LogP contribution in [-0.4, -0.2) is 0 Å². The third-order valence-electron chi connectivity index (χ3n) is 7.55. The molecule has 4 aromatic carbocycles. The number of benzene rings is 4. The zero-order valence-corrected chi connectivity index (χ0v) is 24.5. The van der Waals surface area contributed by atoms with Crippen LogP contribution in [0, 0.1) is 0 Å². The van der Waals surface area contributed by atoms with Gasteiger partial charge in [0.05, 0.1) is 0 Å². The van der Waals surface area contributed by atoms with Crippen LogP contribution in [-0.2, 0) is 10.8 Å². The van der Waals surface area contributed by atoms with Crippen molar-refractivity contribution in [3.05, 3.63) is 104 Å². The molecule has 0 spiro atoms. The largest absolute Gasteiger partial charge is 0.0837 e. The lowest BCUT2D eigenvalue weighted by Crippen LogP contribution is -2.33. The van der Waals surface area contributed by atoms with E-state index in [2.05, 4.69) is 120 Å². The molecular weight excluding hydrogens is 580 g/mol. The predicted octanol–water partition coefficient (Wildman–Crippen LogP) is 11.2. The molecule has 1 aliphatic carbocycles. The van der Waals surface area contributed by atoms with E-state index in [-0.39, 0.29) is 10.8 Å². The van der Waals surface area contributed by atoms with Gasteiger partial charge < -0.3 is 0 Å². The summed E-state index contributed by atoms with van der Waals surface area (Å²) < 4.78 is 2.21. The molecule has 0 aromatic heterocycles. The van der Waals surface area contributed by atoms with Crippen LogP contribution >= 0.6 is 43.5 Å². The van der Waals surface area contributed by atoms with Crippen molar-refractivity contribution in [3.63, 3.8) is 0 Å². The topological polar surface area (TPSA) is 0 Å². The van der Waals surface area contributed by atoms with Gasteiger partial charge in [0, 0.05) is 19.5 Å². The summed E-state index contributed by atoms with van der Waals surface area (Å²) in [7, 11) is 0. The van der Waals surface area contributed by atoms with Crippen LogP contribution in [0.4, 0.5) is 0 Å². The lowest BCUT2D eigenvalue weighted by molar-refractivity contribution is 0.332. The van der Waals surface area contributed by atoms with Crippen LogP contribution < -0.4 is 0 Å². The summed E-state index contributed by atoms with van der Waals surface area (Å²) in [5, 5.41) is 0.759. The maximum atomic E-state index is 6.66. The summed E-state index contributed by atoms with van der Waals surface area (Å²) in [5.74, 6) is 0. The Morgan fingerprint density at radius 1 is 0.571 bits per heavy atom. The summed E-state index contributed by atoms with van der Waals surface area (Å²) in [6.45, 7) is 9.50. The number of hydrogen-bond donors (Lipinski definition) is 0. The number of halogens is 3. The highest BCUT2D eigenvalue weighted by molar-refractivity contribution is 9.11. The Morgan fingerprint density at radius 2 is 1.06 bits per heavy atom. The van der Waals surface area contributed by atoms with Gasteiger partial charge in [0.25, 0.3) is 0 Å². The third kappa shape index (κ3) is 4.66. The fraction of sp³-hybridized carbons (Fsp3) is 0.250. The summed E-state index contributed by atoms with van der Waals surface area (Å²) in [6.07, 6.45) is 2.39. The zero-order chi connectivity index (χ0) is 25.0. The molecule has 0 atom stereocenters. The quantitative estimate of drug-likeness (QED) is 0.217. The molecule has 0 saturated heterocycles. The van der Waals surface area contributed by atoms with Crippen LogP contribution in [0.5, 0.6) is 0 Å². The van der Waals surface area contributed by atoms with Crippen LogP contribution in [0.2, 0.25) is 5.02 Å². The van der Waals surface area contributed by atoms with Gasteiger partial charge >= 0.3 is 0 Å². The minimum Gasteiger partial charge on any atom is -0.0837 e. The first kappa shape index (κ1) is 24.8. The molecule has 0 fully saturated rings. The molecule has 0 nitrogen and oxygen atoms in total. The van der Waals surface area contributed by atoms with E-state index >= 15 is 0 Å². The molecule has 35 heavy (non-hydrogen) atoms. The van der Waals surface area contributed by atoms with Gasteiger partial charge in [0.15, 0.2) is 0 Å². The molecule has 0 heterocycles. The highest BCUT2D eigenvalue weighted by Crippen LogP contribution is 2.49. The molecule has 3 heteroatoms. The molecule has 0 saturated carbocycles. The van der Waals surface area contributed by atoms with E-state index < -0.39 is 0 Å². The van der Waals surface area contributed by atoms with Gasteiger partial charge in [-0.15, -0.1) is 0 Å². The van der Waals surface area contributed by atoms with Gasteiger partial charge in [0.2, 0.25) is 0 Å². The maximum absolute atomic E-state index is 6.66. The van der Waals surface area contributed by atoms with E-state index in [0.717, 1.165) is 36.2 Å². The van der Waals surface area contributed by atoms with Crippen molar-refractivity contribution in [1.82, 2.24) is 0 Å². The maximum Gasteiger partial charge on any atom is 0.0484 e. The van der Waals surface area contributed by atoms with E-state index in [1.54, 1.807) is 0 Å². The number of hydrogen-bond acceptors (Lipinski definition) is 0. The van der Waals surface area contributed by atoms with E-state index in [9.17, 15) is 0 Å². The first-order valence-electron chi connectivity index (χ1n) is 12.1. The lowest BCUT2D eigenvalue weighted by atomic mass is 9.63. The van der Waals surface area contributed by atoms with Gasteiger partial charge in [-0.25, -0.2) is 0 Å². The van der Waals surface area contributed by atoms with Crippen LogP contribution in [0.25, 0.3) is 33.4 Å². The first-order chi connectivity index (χ1) is 16.6. The molecule has 0 unspecified atom stereocenters. The van der Waals surface area contributed by atoms with Gasteiger partial charge in [-0.2, -0.15) is 0 Å². The van der Waals surface area contributed by atoms with E-state index in [1.165, 1.54) is 35.1 Å². The monoisotopic (exact) mass is 606 g/mol. The third-order valence-corrected chi connectivity index (χ3v) is 9.23. The Labute approximate surface area is 231 Å². The molecule has 0 radical (unpaired) electrons. The van der Waals surface area contributed by atoms with E-state index in [1.807, 2.05) is 18.2 Å². The SMILES string of the molecule is CC1(C)CCC(C)(C)c2cc(-c3cc(-c4ccccc4Cl)cc(-c4ccccc4Br)c3)c(Br)cc21. The summed E-state index contributed by atoms with van der Waals surface area (Å²) in [6, 6.07) is 28.1. The normalized spacial score (nSPS) is 16.1. The second-order valence-corrected chi connectivity index (χ2v) is 13.0. The standard InChI is InChI=1S/C32H29Br2Cl/c1-31(2)13-14-32(3,4)27-19-29(34)25(18-26(27)31)22-16-20(23-9-5-7-11-28(23)33)15-21(17-22)24-10-6-8-12-30(24)35/h5-12,15-19H,13-14H2,1-4H3. The molecule has 0 aliphatic heterocycles. The average Bonchev–Trinajstić information content (AvgIpc) is 2.82. The van der Waals surface area contributed by atoms with Crippen molar-refractivity contribution in [3.8, 4) is 33.4 Å². The lowest BCUT2D eigenvalue weighted by Gasteiger charge is -2.42. The molecular formula is C32H29Br2Cl. The van der Waals surface area contributed by atoms with Crippen LogP contribution in [0.3, 0.4) is 0 Å². The summed E-state index contributed by atoms with van der Waals surface area (Å²) in [5.41, 5.74) is 10.1. The Bertz CT molecular complexity index is 1370. The molecule has 1 aliphatic rings. The predicted molar refractivity (Wildman–Crippen MR) is 158 cm³/mol. The summed E-state index contributed by atoms with van der Waals surface area (Å²) >= 11 is 14.4. The van der Waals surface area contributed by atoms with Crippen molar-refractivity contribution in [2.75, 3.05) is 0 Å².